The Morgan fingerprint density at radius 2 is 2.39 bits per heavy atom. The average molecular weight is 253 g/mol. The Hall–Kier alpha value is -1.89. The number of aromatic nitrogens is 1. The molecule has 7 nitrogen and oxygen atoms in total. The molecule has 7 heteroatoms. The molecule has 2 unspecified atom stereocenters. The van der Waals surface area contributed by atoms with Crippen LogP contribution in [-0.4, -0.2) is 45.0 Å². The van der Waals surface area contributed by atoms with Gasteiger partial charge in [-0.1, -0.05) is 6.92 Å². The van der Waals surface area contributed by atoms with Gasteiger partial charge in [0.25, 0.3) is 11.6 Å². The third-order valence-corrected chi connectivity index (χ3v) is 3.26. The first kappa shape index (κ1) is 12.6. The van der Waals surface area contributed by atoms with Crippen LogP contribution < -0.4 is 0 Å². The van der Waals surface area contributed by atoms with E-state index in [0.29, 0.717) is 19.5 Å². The minimum Gasteiger partial charge on any atom is -0.393 e. The summed E-state index contributed by atoms with van der Waals surface area (Å²) in [7, 11) is 0. The van der Waals surface area contributed by atoms with Crippen LogP contribution >= 0.6 is 0 Å². The van der Waals surface area contributed by atoms with Crippen LogP contribution in [0.25, 0.3) is 0 Å². The maximum Gasteiger partial charge on any atom is 0.287 e. The lowest BCUT2D eigenvalue weighted by atomic mass is 9.96. The number of nitrogens with one attached hydrogen (secondary N) is 1. The SMILES string of the molecule is CC1CN(C(=O)c2cc([N+](=O)[O-])c[nH]2)CCC1O. The Morgan fingerprint density at radius 1 is 1.67 bits per heavy atom. The van der Waals surface area contributed by atoms with Gasteiger partial charge >= 0.3 is 0 Å². The zero-order valence-corrected chi connectivity index (χ0v) is 10.00. The van der Waals surface area contributed by atoms with Crippen LogP contribution in [0.5, 0.6) is 0 Å². The normalized spacial score (nSPS) is 24.0. The molecule has 1 aromatic rings. The van der Waals surface area contributed by atoms with Crippen LogP contribution in [0.3, 0.4) is 0 Å². The van der Waals surface area contributed by atoms with Crippen molar-refractivity contribution >= 4 is 11.6 Å². The third-order valence-electron chi connectivity index (χ3n) is 3.26. The molecule has 1 saturated heterocycles. The Labute approximate surface area is 104 Å². The van der Waals surface area contributed by atoms with Crippen LogP contribution in [0.1, 0.15) is 23.8 Å². The second-order valence-corrected chi connectivity index (χ2v) is 4.61. The van der Waals surface area contributed by atoms with E-state index in [1.165, 1.54) is 12.3 Å². The minimum atomic E-state index is -0.546. The smallest absolute Gasteiger partial charge is 0.287 e. The van der Waals surface area contributed by atoms with Crippen molar-refractivity contribution in [3.63, 3.8) is 0 Å². The highest BCUT2D eigenvalue weighted by molar-refractivity contribution is 5.93. The van der Waals surface area contributed by atoms with Crippen molar-refractivity contribution < 1.29 is 14.8 Å². The lowest BCUT2D eigenvalue weighted by Crippen LogP contribution is -2.45. The highest BCUT2D eigenvalue weighted by Crippen LogP contribution is 2.20. The molecule has 0 aliphatic carbocycles. The van der Waals surface area contributed by atoms with Gasteiger partial charge in [0.15, 0.2) is 0 Å². The number of carbonyl (C=O) groups excluding carboxylic acids is 1. The summed E-state index contributed by atoms with van der Waals surface area (Å²) >= 11 is 0. The maximum absolute atomic E-state index is 12.1. The van der Waals surface area contributed by atoms with Crippen molar-refractivity contribution in [2.75, 3.05) is 13.1 Å². The predicted molar refractivity (Wildman–Crippen MR) is 63.1 cm³/mol. The lowest BCUT2D eigenvalue weighted by Gasteiger charge is -2.34. The van der Waals surface area contributed by atoms with Gasteiger partial charge in [-0.25, -0.2) is 0 Å². The number of H-pyrrole nitrogens is 1. The summed E-state index contributed by atoms with van der Waals surface area (Å²) in [5, 5.41) is 20.1. The number of hydrogen-bond acceptors (Lipinski definition) is 4. The first-order chi connectivity index (χ1) is 8.49. The molecule has 2 rings (SSSR count). The topological polar surface area (TPSA) is 99.5 Å². The highest BCUT2D eigenvalue weighted by atomic mass is 16.6. The molecule has 0 bridgehead atoms. The lowest BCUT2D eigenvalue weighted by molar-refractivity contribution is -0.384. The van der Waals surface area contributed by atoms with Gasteiger partial charge in [0.1, 0.15) is 5.69 Å². The molecular formula is C11H15N3O4. The van der Waals surface area contributed by atoms with Crippen molar-refractivity contribution in [1.29, 1.82) is 0 Å². The van der Waals surface area contributed by atoms with Gasteiger partial charge in [0, 0.05) is 19.2 Å². The highest BCUT2D eigenvalue weighted by Gasteiger charge is 2.28. The molecule has 0 spiro atoms. The number of aromatic amines is 1. The molecule has 1 aromatic heterocycles. The molecule has 0 aromatic carbocycles. The van der Waals surface area contributed by atoms with E-state index in [4.69, 9.17) is 0 Å². The standard InChI is InChI=1S/C11H15N3O4/c1-7-6-13(3-2-10(7)15)11(16)9-4-8(5-12-9)14(17)18/h4-5,7,10,12,15H,2-3,6H2,1H3. The van der Waals surface area contributed by atoms with E-state index in [0.717, 1.165) is 0 Å². The monoisotopic (exact) mass is 253 g/mol. The molecule has 1 amide bonds. The van der Waals surface area contributed by atoms with E-state index in [9.17, 15) is 20.0 Å². The molecule has 1 fully saturated rings. The second kappa shape index (κ2) is 4.77. The summed E-state index contributed by atoms with van der Waals surface area (Å²) in [4.78, 5) is 26.3. The summed E-state index contributed by atoms with van der Waals surface area (Å²) in [5.74, 6) is -0.241. The first-order valence-corrected chi connectivity index (χ1v) is 5.79. The Balaban J connectivity index is 2.09. The summed E-state index contributed by atoms with van der Waals surface area (Å²) < 4.78 is 0. The van der Waals surface area contributed by atoms with Gasteiger partial charge in [-0.15, -0.1) is 0 Å². The number of piperidine rings is 1. The number of rotatable bonds is 2. The summed E-state index contributed by atoms with van der Waals surface area (Å²) in [6.07, 6.45) is 1.36. The predicted octanol–water partition coefficient (Wildman–Crippen LogP) is 0.766. The summed E-state index contributed by atoms with van der Waals surface area (Å²) in [6, 6.07) is 1.23. The molecule has 0 radical (unpaired) electrons. The summed E-state index contributed by atoms with van der Waals surface area (Å²) in [6.45, 7) is 2.81. The zero-order chi connectivity index (χ0) is 13.3. The second-order valence-electron chi connectivity index (χ2n) is 4.61. The maximum atomic E-state index is 12.1. The van der Waals surface area contributed by atoms with Crippen LogP contribution in [0.4, 0.5) is 5.69 Å². The van der Waals surface area contributed by atoms with E-state index in [-0.39, 0.29) is 29.3 Å². The van der Waals surface area contributed by atoms with Crippen LogP contribution in [0, 0.1) is 16.0 Å². The van der Waals surface area contributed by atoms with E-state index in [1.54, 1.807) is 4.90 Å². The number of hydrogen-bond donors (Lipinski definition) is 2. The largest absolute Gasteiger partial charge is 0.393 e. The molecule has 2 atom stereocenters. The van der Waals surface area contributed by atoms with Crippen molar-refractivity contribution in [3.8, 4) is 0 Å². The van der Waals surface area contributed by atoms with Crippen LogP contribution in [0.15, 0.2) is 12.3 Å². The Kier molecular flexibility index (Phi) is 3.33. The van der Waals surface area contributed by atoms with Gasteiger partial charge < -0.3 is 15.0 Å². The van der Waals surface area contributed by atoms with Gasteiger partial charge in [-0.3, -0.25) is 14.9 Å². The average Bonchev–Trinajstić information content (AvgIpc) is 2.81. The fraction of sp³-hybridized carbons (Fsp3) is 0.545. The third kappa shape index (κ3) is 2.35. The Bertz CT molecular complexity index is 471. The van der Waals surface area contributed by atoms with Crippen LogP contribution in [-0.2, 0) is 0 Å². The van der Waals surface area contributed by atoms with Gasteiger partial charge in [0.05, 0.1) is 17.2 Å². The number of aliphatic hydroxyl groups excluding tert-OH is 1. The molecule has 2 N–H and O–H groups in total. The number of carbonyl (C=O) groups is 1. The molecule has 98 valence electrons. The van der Waals surface area contributed by atoms with Crippen molar-refractivity contribution in [2.45, 2.75) is 19.4 Å². The number of nitrogens with zero attached hydrogens (tertiary/aromatic N) is 2. The minimum absolute atomic E-state index is 0.0210. The first-order valence-electron chi connectivity index (χ1n) is 5.79. The number of aliphatic hydroxyl groups is 1. The molecule has 2 heterocycles. The molecule has 18 heavy (non-hydrogen) atoms. The van der Waals surface area contributed by atoms with Crippen molar-refractivity contribution in [2.24, 2.45) is 5.92 Å². The van der Waals surface area contributed by atoms with Crippen molar-refractivity contribution in [1.82, 2.24) is 9.88 Å². The fourth-order valence-corrected chi connectivity index (χ4v) is 2.10. The molecule has 1 aliphatic heterocycles. The number of likely N-dealkylation sites (tertiary alicyclic amines) is 1. The molecule has 1 aliphatic rings. The van der Waals surface area contributed by atoms with Gasteiger partial charge in [0.2, 0.25) is 0 Å². The quantitative estimate of drug-likeness (QED) is 0.600. The number of amides is 1. The molecular weight excluding hydrogens is 238 g/mol. The fourth-order valence-electron chi connectivity index (χ4n) is 2.10. The van der Waals surface area contributed by atoms with Gasteiger partial charge in [-0.05, 0) is 12.3 Å². The van der Waals surface area contributed by atoms with Crippen LogP contribution in [0.2, 0.25) is 0 Å². The summed E-state index contributed by atoms with van der Waals surface area (Å²) in [5.41, 5.74) is 0.0914. The van der Waals surface area contributed by atoms with E-state index in [2.05, 4.69) is 4.98 Å². The van der Waals surface area contributed by atoms with E-state index >= 15 is 0 Å². The molecule has 0 saturated carbocycles. The zero-order valence-electron chi connectivity index (χ0n) is 10.00. The van der Waals surface area contributed by atoms with Gasteiger partial charge in [-0.2, -0.15) is 0 Å². The van der Waals surface area contributed by atoms with E-state index in [1.807, 2.05) is 6.92 Å². The van der Waals surface area contributed by atoms with Crippen molar-refractivity contribution in [3.05, 3.63) is 28.1 Å². The van der Waals surface area contributed by atoms with E-state index < -0.39 is 4.92 Å². The Morgan fingerprint density at radius 3 is 2.94 bits per heavy atom. The number of nitro groups is 1.